The van der Waals surface area contributed by atoms with Gasteiger partial charge >= 0.3 is 0 Å². The summed E-state index contributed by atoms with van der Waals surface area (Å²) in [6, 6.07) is 1.87. The Hall–Kier alpha value is -1.71. The van der Waals surface area contributed by atoms with Crippen LogP contribution in [0.4, 0.5) is 8.78 Å². The van der Waals surface area contributed by atoms with Crippen molar-refractivity contribution < 1.29 is 13.2 Å². The van der Waals surface area contributed by atoms with E-state index in [2.05, 4.69) is 0 Å². The lowest BCUT2D eigenvalue weighted by Gasteiger charge is -2.14. The summed E-state index contributed by atoms with van der Waals surface area (Å²) in [6.07, 6.45) is 3.25. The first-order valence-corrected chi connectivity index (χ1v) is 5.60. The van der Waals surface area contributed by atoms with Gasteiger partial charge in [0.05, 0.1) is 5.39 Å². The SMILES string of the molecule is O=c1c2c(oc3cc(F)c(F)cc13)CCCC2. The summed E-state index contributed by atoms with van der Waals surface area (Å²) in [5, 5.41) is 0.129. The average Bonchev–Trinajstić information content (AvgIpc) is 2.32. The third kappa shape index (κ3) is 1.55. The second kappa shape index (κ2) is 3.65. The molecule has 0 spiro atoms. The number of rotatable bonds is 0. The predicted molar refractivity (Wildman–Crippen MR) is 59.0 cm³/mol. The van der Waals surface area contributed by atoms with Crippen molar-refractivity contribution in [2.75, 3.05) is 0 Å². The Morgan fingerprint density at radius 3 is 2.59 bits per heavy atom. The number of fused-ring (bicyclic) bond motifs is 2. The van der Waals surface area contributed by atoms with Crippen molar-refractivity contribution in [3.05, 3.63) is 45.3 Å². The Bertz CT molecular complexity index is 658. The zero-order chi connectivity index (χ0) is 12.0. The van der Waals surface area contributed by atoms with Gasteiger partial charge in [-0.25, -0.2) is 8.78 Å². The maximum absolute atomic E-state index is 13.1. The van der Waals surface area contributed by atoms with Crippen LogP contribution in [-0.2, 0) is 12.8 Å². The van der Waals surface area contributed by atoms with Gasteiger partial charge in [0.2, 0.25) is 0 Å². The van der Waals surface area contributed by atoms with E-state index in [1.807, 2.05) is 0 Å². The van der Waals surface area contributed by atoms with E-state index in [1.165, 1.54) is 0 Å². The van der Waals surface area contributed by atoms with Gasteiger partial charge in [0, 0.05) is 18.1 Å². The summed E-state index contributed by atoms with van der Waals surface area (Å²) in [6.45, 7) is 0. The fourth-order valence-electron chi connectivity index (χ4n) is 2.32. The summed E-state index contributed by atoms with van der Waals surface area (Å²) in [4.78, 5) is 12.1. The van der Waals surface area contributed by atoms with E-state index in [0.717, 1.165) is 25.0 Å². The molecule has 0 fully saturated rings. The Morgan fingerprint density at radius 2 is 1.76 bits per heavy atom. The van der Waals surface area contributed by atoms with Crippen molar-refractivity contribution >= 4 is 11.0 Å². The average molecular weight is 236 g/mol. The zero-order valence-electron chi connectivity index (χ0n) is 9.06. The molecule has 1 aromatic heterocycles. The molecule has 0 N–H and O–H groups in total. The van der Waals surface area contributed by atoms with Crippen LogP contribution in [0.3, 0.4) is 0 Å². The van der Waals surface area contributed by atoms with Crippen LogP contribution in [0.2, 0.25) is 0 Å². The molecule has 17 heavy (non-hydrogen) atoms. The highest BCUT2D eigenvalue weighted by molar-refractivity contribution is 5.77. The van der Waals surface area contributed by atoms with Gasteiger partial charge < -0.3 is 4.42 Å². The minimum absolute atomic E-state index is 0.129. The topological polar surface area (TPSA) is 30.2 Å². The fraction of sp³-hybridized carbons (Fsp3) is 0.308. The molecule has 1 aliphatic rings. The Kier molecular flexibility index (Phi) is 2.24. The summed E-state index contributed by atoms with van der Waals surface area (Å²) >= 11 is 0. The number of hydrogen-bond donors (Lipinski definition) is 0. The molecule has 3 rings (SSSR count). The molecule has 0 bridgehead atoms. The smallest absolute Gasteiger partial charge is 0.196 e. The van der Waals surface area contributed by atoms with E-state index in [9.17, 15) is 13.6 Å². The quantitative estimate of drug-likeness (QED) is 0.704. The van der Waals surface area contributed by atoms with Gasteiger partial charge in [-0.05, 0) is 25.3 Å². The molecule has 0 radical (unpaired) electrons. The van der Waals surface area contributed by atoms with E-state index in [0.29, 0.717) is 24.2 Å². The monoisotopic (exact) mass is 236 g/mol. The predicted octanol–water partition coefficient (Wildman–Crippen LogP) is 2.95. The number of hydrogen-bond acceptors (Lipinski definition) is 2. The lowest BCUT2D eigenvalue weighted by Crippen LogP contribution is -2.16. The second-order valence-corrected chi connectivity index (χ2v) is 4.30. The largest absolute Gasteiger partial charge is 0.460 e. The summed E-state index contributed by atoms with van der Waals surface area (Å²) in [7, 11) is 0. The first-order valence-electron chi connectivity index (χ1n) is 5.60. The van der Waals surface area contributed by atoms with E-state index in [1.54, 1.807) is 0 Å². The zero-order valence-corrected chi connectivity index (χ0v) is 9.06. The molecule has 2 aromatic rings. The first kappa shape index (κ1) is 10.4. The van der Waals surface area contributed by atoms with Crippen LogP contribution in [0.5, 0.6) is 0 Å². The molecule has 0 unspecified atom stereocenters. The normalized spacial score (nSPS) is 14.9. The molecule has 1 aromatic carbocycles. The van der Waals surface area contributed by atoms with Gasteiger partial charge in [-0.15, -0.1) is 0 Å². The van der Waals surface area contributed by atoms with E-state index >= 15 is 0 Å². The van der Waals surface area contributed by atoms with Crippen molar-refractivity contribution in [1.82, 2.24) is 0 Å². The van der Waals surface area contributed by atoms with Crippen LogP contribution >= 0.6 is 0 Å². The van der Waals surface area contributed by atoms with Crippen molar-refractivity contribution in [3.8, 4) is 0 Å². The highest BCUT2D eigenvalue weighted by Crippen LogP contribution is 2.24. The van der Waals surface area contributed by atoms with Crippen molar-refractivity contribution in [1.29, 1.82) is 0 Å². The Labute approximate surface area is 95.9 Å². The summed E-state index contributed by atoms with van der Waals surface area (Å²) in [5.74, 6) is -1.38. The first-order chi connectivity index (χ1) is 8.16. The maximum atomic E-state index is 13.1. The molecule has 88 valence electrons. The molecule has 0 aliphatic heterocycles. The third-order valence-electron chi connectivity index (χ3n) is 3.19. The number of halogens is 2. The lowest BCUT2D eigenvalue weighted by atomic mass is 9.96. The minimum Gasteiger partial charge on any atom is -0.460 e. The van der Waals surface area contributed by atoms with E-state index in [-0.39, 0.29) is 16.4 Å². The molecule has 1 heterocycles. The lowest BCUT2D eigenvalue weighted by molar-refractivity contribution is 0.476. The van der Waals surface area contributed by atoms with E-state index < -0.39 is 11.6 Å². The van der Waals surface area contributed by atoms with Crippen LogP contribution in [-0.4, -0.2) is 0 Å². The van der Waals surface area contributed by atoms with Crippen LogP contribution in [0.15, 0.2) is 21.3 Å². The molecule has 2 nitrogen and oxygen atoms in total. The molecular formula is C13H10F2O2. The summed E-state index contributed by atoms with van der Waals surface area (Å²) in [5.41, 5.74) is 0.532. The van der Waals surface area contributed by atoms with Gasteiger partial charge in [0.25, 0.3) is 0 Å². The van der Waals surface area contributed by atoms with Crippen LogP contribution < -0.4 is 5.43 Å². The van der Waals surface area contributed by atoms with Crippen molar-refractivity contribution in [2.24, 2.45) is 0 Å². The highest BCUT2D eigenvalue weighted by Gasteiger charge is 2.19. The minimum atomic E-state index is -1.01. The number of benzene rings is 1. The van der Waals surface area contributed by atoms with Gasteiger partial charge in [-0.1, -0.05) is 0 Å². The van der Waals surface area contributed by atoms with Gasteiger partial charge in [-0.3, -0.25) is 4.79 Å². The Morgan fingerprint density at radius 1 is 1.06 bits per heavy atom. The second-order valence-electron chi connectivity index (χ2n) is 4.30. The third-order valence-corrected chi connectivity index (χ3v) is 3.19. The molecule has 1 aliphatic carbocycles. The molecule has 0 saturated carbocycles. The van der Waals surface area contributed by atoms with Crippen LogP contribution in [0.25, 0.3) is 11.0 Å². The Balaban J connectivity index is 2.40. The van der Waals surface area contributed by atoms with Gasteiger partial charge in [-0.2, -0.15) is 0 Å². The van der Waals surface area contributed by atoms with Crippen LogP contribution in [0.1, 0.15) is 24.2 Å². The molecule has 4 heteroatoms. The molecule has 0 atom stereocenters. The van der Waals surface area contributed by atoms with Crippen LogP contribution in [0, 0.1) is 11.6 Å². The maximum Gasteiger partial charge on any atom is 0.196 e. The van der Waals surface area contributed by atoms with Crippen molar-refractivity contribution in [2.45, 2.75) is 25.7 Å². The van der Waals surface area contributed by atoms with Gasteiger partial charge in [0.15, 0.2) is 17.1 Å². The molecular weight excluding hydrogens is 226 g/mol. The van der Waals surface area contributed by atoms with E-state index in [4.69, 9.17) is 4.42 Å². The number of aryl methyl sites for hydroxylation is 1. The van der Waals surface area contributed by atoms with Gasteiger partial charge in [0.1, 0.15) is 11.3 Å². The highest BCUT2D eigenvalue weighted by atomic mass is 19.2. The fourth-order valence-corrected chi connectivity index (χ4v) is 2.32. The molecule has 0 amide bonds. The summed E-state index contributed by atoms with van der Waals surface area (Å²) < 4.78 is 31.7. The molecule has 0 saturated heterocycles. The standard InChI is InChI=1S/C13H10F2O2/c14-9-5-8-12(6-10(9)15)17-11-4-2-1-3-7(11)13(8)16/h5-6H,1-4H2. The van der Waals surface area contributed by atoms with Crippen molar-refractivity contribution in [3.63, 3.8) is 0 Å².